The average molecular weight is 1650 g/mol. The zero-order valence-corrected chi connectivity index (χ0v) is 70.2. The number of benzene rings is 10. The molecule has 0 bridgehead atoms. The first-order valence-corrected chi connectivity index (χ1v) is 41.1. The number of para-hydroxylation sites is 1. The minimum absolute atomic E-state index is 0.0413. The number of aromatic nitrogens is 9. The van der Waals surface area contributed by atoms with E-state index in [4.69, 9.17) is 0 Å². The smallest absolute Gasteiger partial charge is 0.218 e. The largest absolute Gasteiger partial charge is 0.872 e. The monoisotopic (exact) mass is 1650 g/mol. The van der Waals surface area contributed by atoms with Crippen LogP contribution in [0.25, 0.3) is 89.1 Å². The van der Waals surface area contributed by atoms with Crippen LogP contribution in [0.2, 0.25) is 0 Å². The lowest BCUT2D eigenvalue weighted by Crippen LogP contribution is -2.36. The van der Waals surface area contributed by atoms with Crippen LogP contribution in [-0.2, 0) is 28.2 Å². The number of pyridine rings is 9. The molecule has 1 aliphatic rings. The normalized spacial score (nSPS) is 11.1. The third-order valence-corrected chi connectivity index (χ3v) is 20.2. The first kappa shape index (κ1) is 88.0. The van der Waals surface area contributed by atoms with Crippen molar-refractivity contribution in [3.05, 3.63) is 468 Å². The first-order chi connectivity index (χ1) is 61.0. The number of aryl methyl sites for hydroxylation is 4. The molecule has 17 heteroatoms. The molecule has 17 nitrogen and oxygen atoms in total. The Balaban J connectivity index is 0.000000129. The standard InChI is InChI=1S/C17H13NO.C15H11NO.C14H13NO.C11H10N2.C11H9NO.3C10H9NO.C10H14N/c19-17-10-6-15(7-11-17)14-4-8-16(9-5-14)18-12-2-1-3-13-18;17-15-9-8-14(16-10-4-1-5-11-16)12-6-2-3-7-13(12)15;1-15-10-3-2-6-13(15)9-8-12-5-4-7-14(16)11-12;1-3-7-11(8-4-1)12-13-9-5-2-6-10-13;13-11-6-4-10(5-7-11)12-8-2-1-3-9-12;1-11-7-3-5-8-4-2-6-9(12)10(8)11;1-11-6-2-3-8-7-9(12)4-5-10(8)11;1-11-6-5-9-8(7-11)3-2-4-10(9)12;1-4-8-11(9-5-1)10-6-2-3-7-10/h1-13H;1-11H;2-11H,1H3;1-10H;1-9H;3*2-7H,1H3;1,4-5,8-10H,2-3,6-7H2/q;;;;;;;;+1/p+2/b;;9-8+;;;;;;. The molecule has 0 radical (unpaired) electrons. The minimum atomic E-state index is 0.0413. The van der Waals surface area contributed by atoms with Gasteiger partial charge in [-0.15, -0.1) is 23.0 Å². The van der Waals surface area contributed by atoms with Crippen LogP contribution in [-0.4, -0.2) is 10.2 Å². The Morgan fingerprint density at radius 1 is 0.336 bits per heavy atom. The number of hydrogen-bond acceptors (Lipinski definition) is 7. The second-order valence-electron chi connectivity index (χ2n) is 29.2. The summed E-state index contributed by atoms with van der Waals surface area (Å²) in [6.07, 6.45) is 39.3. The predicted molar refractivity (Wildman–Crippen MR) is 481 cm³/mol. The van der Waals surface area contributed by atoms with E-state index in [1.807, 2.05) is 379 Å². The number of hydrogen-bond donors (Lipinski definition) is 2. The van der Waals surface area contributed by atoms with E-state index in [0.717, 1.165) is 94.5 Å². The fourth-order valence-corrected chi connectivity index (χ4v) is 13.8. The molecule has 0 amide bonds. The summed E-state index contributed by atoms with van der Waals surface area (Å²) in [6.45, 7) is 0. The number of rotatable bonds is 9. The number of phenols is 2. The fraction of sp³-hybridized carbons (Fsp3) is 0.0833. The molecule has 0 unspecified atom stereocenters. The van der Waals surface area contributed by atoms with E-state index in [9.17, 15) is 35.7 Å². The maximum atomic E-state index is 11.4. The van der Waals surface area contributed by atoms with Gasteiger partial charge in [-0.2, -0.15) is 13.7 Å². The second kappa shape index (κ2) is 45.8. The van der Waals surface area contributed by atoms with Crippen molar-refractivity contribution in [3.8, 4) is 68.4 Å². The first-order valence-electron chi connectivity index (χ1n) is 41.1. The average Bonchev–Trinajstić information content (AvgIpc) is 1.15. The minimum Gasteiger partial charge on any atom is -0.872 e. The lowest BCUT2D eigenvalue weighted by atomic mass is 10.1. The summed E-state index contributed by atoms with van der Waals surface area (Å²) in [6, 6.07) is 113. The van der Waals surface area contributed by atoms with E-state index in [2.05, 4.69) is 69.4 Å². The quantitative estimate of drug-likeness (QED) is 0.134. The molecule has 2 N–H and O–H groups in total. The maximum absolute atomic E-state index is 11.4. The SMILES string of the molecule is C[n+]1ccc2c([O-])cccc2c1.C[n+]1cccc2cc(O)ccc21.C[n+]1cccc2cccc([O-])c21.C[n+]1ccccc1/C=C/c1cccc([O-])c1.Oc1ccc(-[n+]2ccccc2)c2ccccc12.[O-]c1ccc(-[n+]2ccccc2)cc1.[O-]c1ccc(-c2ccc(-[n+]3ccccc3)cc2)cc1.c1cc[n+](C2CCCC2)cc1.c1ccc([N-][n+]2ccccc2)cc1. The van der Waals surface area contributed by atoms with Gasteiger partial charge in [-0.05, 0) is 113 Å². The van der Waals surface area contributed by atoms with Crippen molar-refractivity contribution in [1.82, 2.24) is 0 Å². The van der Waals surface area contributed by atoms with E-state index >= 15 is 0 Å². The van der Waals surface area contributed by atoms with Gasteiger partial charge in [0, 0.05) is 168 Å². The topological polar surface area (TPSA) is 205 Å². The lowest BCUT2D eigenvalue weighted by Gasteiger charge is -2.12. The van der Waals surface area contributed by atoms with Crippen LogP contribution in [0.1, 0.15) is 43.0 Å². The van der Waals surface area contributed by atoms with Crippen molar-refractivity contribution in [2.45, 2.75) is 31.7 Å². The van der Waals surface area contributed by atoms with Gasteiger partial charge in [0.15, 0.2) is 99.0 Å². The Morgan fingerprint density at radius 3 is 1.45 bits per heavy atom. The van der Waals surface area contributed by atoms with Crippen molar-refractivity contribution >= 4 is 61.2 Å². The van der Waals surface area contributed by atoms with Gasteiger partial charge >= 0.3 is 0 Å². The summed E-state index contributed by atoms with van der Waals surface area (Å²) in [7, 11) is 7.80. The third kappa shape index (κ3) is 26.6. The molecular formula is C108H99N10O7+3. The van der Waals surface area contributed by atoms with Gasteiger partial charge in [0.1, 0.15) is 39.7 Å². The number of phenolic OH excluding ortho intramolecular Hbond substituents is 2. The zero-order valence-electron chi connectivity index (χ0n) is 70.2. The van der Waals surface area contributed by atoms with Gasteiger partial charge < -0.3 is 41.2 Å². The Hall–Kier alpha value is -16.3. The van der Waals surface area contributed by atoms with E-state index in [0.29, 0.717) is 11.5 Å². The molecule has 1 aliphatic carbocycles. The molecule has 1 saturated carbocycles. The van der Waals surface area contributed by atoms with E-state index in [1.165, 1.54) is 25.7 Å². The zero-order chi connectivity index (χ0) is 87.3. The van der Waals surface area contributed by atoms with Crippen LogP contribution < -0.4 is 66.7 Å². The molecule has 125 heavy (non-hydrogen) atoms. The number of nitrogens with zero attached hydrogens (tertiary/aromatic N) is 10. The Labute approximate surface area is 729 Å². The molecule has 10 aromatic carbocycles. The highest BCUT2D eigenvalue weighted by atomic mass is 16.3. The summed E-state index contributed by atoms with van der Waals surface area (Å²) in [5.74, 6) is 0.929. The van der Waals surface area contributed by atoms with Crippen molar-refractivity contribution in [2.75, 3.05) is 0 Å². The van der Waals surface area contributed by atoms with Gasteiger partial charge in [-0.25, -0.2) is 27.5 Å². The van der Waals surface area contributed by atoms with Gasteiger partial charge in [-0.3, -0.25) is 0 Å². The number of aromatic hydroxyl groups is 2. The maximum Gasteiger partial charge on any atom is 0.218 e. The van der Waals surface area contributed by atoms with Crippen LogP contribution in [0, 0.1) is 0 Å². The van der Waals surface area contributed by atoms with Crippen LogP contribution >= 0.6 is 0 Å². The van der Waals surface area contributed by atoms with Crippen molar-refractivity contribution in [1.29, 1.82) is 0 Å². The molecule has 20 rings (SSSR count). The Bertz CT molecular complexity index is 6400. The molecule has 9 aromatic heterocycles. The van der Waals surface area contributed by atoms with E-state index in [-0.39, 0.29) is 28.7 Å². The fourth-order valence-electron chi connectivity index (χ4n) is 13.8. The highest BCUT2D eigenvalue weighted by Crippen LogP contribution is 2.29. The van der Waals surface area contributed by atoms with Crippen molar-refractivity contribution in [3.63, 3.8) is 0 Å². The van der Waals surface area contributed by atoms with Crippen LogP contribution in [0.4, 0.5) is 5.69 Å². The van der Waals surface area contributed by atoms with Gasteiger partial charge in [-0.1, -0.05) is 169 Å². The third-order valence-electron chi connectivity index (χ3n) is 20.2. The molecule has 0 spiro atoms. The van der Waals surface area contributed by atoms with Gasteiger partial charge in [0.2, 0.25) is 33.8 Å². The summed E-state index contributed by atoms with van der Waals surface area (Å²) < 4.78 is 18.0. The van der Waals surface area contributed by atoms with Crippen molar-refractivity contribution < 1.29 is 77.0 Å². The molecule has 0 atom stereocenters. The highest BCUT2D eigenvalue weighted by Gasteiger charge is 2.22. The van der Waals surface area contributed by atoms with Gasteiger partial charge in [0.25, 0.3) is 0 Å². The molecule has 0 aliphatic heterocycles. The van der Waals surface area contributed by atoms with Crippen LogP contribution in [0.15, 0.2) is 451 Å². The molecule has 19 aromatic rings. The van der Waals surface area contributed by atoms with Crippen LogP contribution in [0.5, 0.6) is 40.2 Å². The predicted octanol–water partition coefficient (Wildman–Crippen LogP) is 15.7. The molecule has 9 heterocycles. The van der Waals surface area contributed by atoms with Gasteiger partial charge in [0.05, 0.1) is 5.39 Å². The lowest BCUT2D eigenvalue weighted by molar-refractivity contribution is -0.721. The molecule has 1 fully saturated rings. The summed E-state index contributed by atoms with van der Waals surface area (Å²) in [5.41, 5.74) is 14.6. The Morgan fingerprint density at radius 2 is 0.832 bits per heavy atom. The van der Waals surface area contributed by atoms with E-state index < -0.39 is 0 Å². The molecule has 0 saturated heterocycles. The number of fused-ring (bicyclic) bond motifs is 4. The Kier molecular flexibility index (Phi) is 32.2. The molecule has 620 valence electrons. The summed E-state index contributed by atoms with van der Waals surface area (Å²) >= 11 is 0. The highest BCUT2D eigenvalue weighted by molar-refractivity contribution is 5.93. The van der Waals surface area contributed by atoms with Crippen LogP contribution in [0.3, 0.4) is 0 Å². The summed E-state index contributed by atoms with van der Waals surface area (Å²) in [4.78, 5) is 0. The molecular weight excluding hydrogens is 1550 g/mol. The summed E-state index contributed by atoms with van der Waals surface area (Å²) in [5, 5.41) is 80.5. The van der Waals surface area contributed by atoms with E-state index in [1.54, 1.807) is 89.6 Å². The second-order valence-corrected chi connectivity index (χ2v) is 29.2. The van der Waals surface area contributed by atoms with Crippen molar-refractivity contribution in [2.24, 2.45) is 28.2 Å².